The SMILES string of the molecule is N#CC12C3C4C1C1C2C3C41CN([C@H](CCC(F)(F)F)C(N)=O)S(=O)(=O)c1ccc(Cl)cc1. The number of nitriles is 1. The van der Waals surface area contributed by atoms with E-state index < -0.39 is 41.0 Å². The molecule has 0 aromatic heterocycles. The maximum absolute atomic E-state index is 13.5. The number of benzene rings is 1. The van der Waals surface area contributed by atoms with E-state index >= 15 is 0 Å². The molecule has 6 saturated carbocycles. The van der Waals surface area contributed by atoms with E-state index in [1.54, 1.807) is 0 Å². The fraction of sp³-hybridized carbons (Fsp3) is 0.619. The van der Waals surface area contributed by atoms with Crippen molar-refractivity contribution in [2.75, 3.05) is 6.54 Å². The van der Waals surface area contributed by atoms with Gasteiger partial charge in [-0.3, -0.25) is 4.79 Å². The van der Waals surface area contributed by atoms with Crippen LogP contribution in [0, 0.1) is 57.7 Å². The van der Waals surface area contributed by atoms with Crippen molar-refractivity contribution in [2.45, 2.75) is 30.0 Å². The smallest absolute Gasteiger partial charge is 0.368 e. The molecular weight excluding hydrogens is 467 g/mol. The van der Waals surface area contributed by atoms with Gasteiger partial charge in [0.25, 0.3) is 0 Å². The quantitative estimate of drug-likeness (QED) is 0.611. The number of amides is 1. The van der Waals surface area contributed by atoms with E-state index in [1.807, 2.05) is 0 Å². The predicted octanol–water partition coefficient (Wildman–Crippen LogP) is 2.79. The van der Waals surface area contributed by atoms with Crippen LogP contribution in [0.3, 0.4) is 0 Å². The molecule has 0 bridgehead atoms. The summed E-state index contributed by atoms with van der Waals surface area (Å²) in [5.74, 6) is 0.389. The summed E-state index contributed by atoms with van der Waals surface area (Å²) in [7, 11) is -4.31. The number of halogens is 4. The van der Waals surface area contributed by atoms with E-state index in [4.69, 9.17) is 17.3 Å². The number of carbonyl (C=O) groups excluding carboxylic acids is 1. The van der Waals surface area contributed by atoms with E-state index in [-0.39, 0.29) is 57.8 Å². The number of nitrogens with zero attached hydrogens (tertiary/aromatic N) is 2. The third-order valence-electron chi connectivity index (χ3n) is 9.26. The molecule has 1 aromatic rings. The molecule has 6 aliphatic rings. The standard InChI is InChI=1S/C21H19ClF3N3O3S/c22-9-1-3-10(4-2-9)32(30,31)28(11(18(27)29)5-6-21(23,24)25)8-20-15-12-16(20)14-17(20)13(15)19(12,14)7-26/h1-4,11-17H,5-6,8H2,(H2,27,29)/t11-,12?,13?,14?,15?,16?,17?,19?,20?/m1/s1. The maximum atomic E-state index is 13.5. The van der Waals surface area contributed by atoms with Gasteiger partial charge < -0.3 is 5.73 Å². The van der Waals surface area contributed by atoms with Gasteiger partial charge in [0.05, 0.1) is 16.4 Å². The maximum Gasteiger partial charge on any atom is 0.389 e. The number of hydrogen-bond donors (Lipinski definition) is 1. The molecule has 1 atom stereocenters. The molecule has 2 N–H and O–H groups in total. The van der Waals surface area contributed by atoms with Crippen molar-refractivity contribution >= 4 is 27.5 Å². The lowest BCUT2D eigenvalue weighted by Gasteiger charge is -3.10. The summed E-state index contributed by atoms with van der Waals surface area (Å²) in [5, 5.41) is 9.86. The lowest BCUT2D eigenvalue weighted by molar-refractivity contribution is -0.641. The summed E-state index contributed by atoms with van der Waals surface area (Å²) in [6.45, 7) is -0.0333. The second-order valence-electron chi connectivity index (χ2n) is 9.89. The van der Waals surface area contributed by atoms with Crippen molar-refractivity contribution in [3.05, 3.63) is 29.3 Å². The Kier molecular flexibility index (Phi) is 3.76. The summed E-state index contributed by atoms with van der Waals surface area (Å²) >= 11 is 5.86. The van der Waals surface area contributed by atoms with Crippen molar-refractivity contribution in [2.24, 2.45) is 52.1 Å². The van der Waals surface area contributed by atoms with Gasteiger partial charge in [0.15, 0.2) is 0 Å². The van der Waals surface area contributed by atoms with Crippen LogP contribution in [0.15, 0.2) is 29.2 Å². The second kappa shape index (κ2) is 5.80. The molecule has 6 fully saturated rings. The Hall–Kier alpha value is -1.83. The highest BCUT2D eigenvalue weighted by atomic mass is 35.5. The first-order chi connectivity index (χ1) is 14.9. The van der Waals surface area contributed by atoms with E-state index in [0.717, 1.165) is 4.31 Å². The minimum absolute atomic E-state index is 0.0333. The zero-order valence-electron chi connectivity index (χ0n) is 16.6. The molecule has 170 valence electrons. The van der Waals surface area contributed by atoms with Gasteiger partial charge in [-0.15, -0.1) is 0 Å². The van der Waals surface area contributed by atoms with Crippen LogP contribution in [0.4, 0.5) is 13.2 Å². The van der Waals surface area contributed by atoms with Crippen molar-refractivity contribution in [1.29, 1.82) is 5.26 Å². The lowest BCUT2D eigenvalue weighted by atomic mass is 8.92. The predicted molar refractivity (Wildman–Crippen MR) is 105 cm³/mol. The van der Waals surface area contributed by atoms with Crippen LogP contribution < -0.4 is 5.73 Å². The normalized spacial score (nSPS) is 42.4. The highest BCUT2D eigenvalue weighted by Gasteiger charge is 3.10. The minimum atomic E-state index is -4.55. The fourth-order valence-electron chi connectivity index (χ4n) is 8.39. The van der Waals surface area contributed by atoms with Crippen LogP contribution in [0.5, 0.6) is 0 Å². The van der Waals surface area contributed by atoms with Gasteiger partial charge in [-0.05, 0) is 71.6 Å². The summed E-state index contributed by atoms with van der Waals surface area (Å²) in [5.41, 5.74) is 4.88. The summed E-state index contributed by atoms with van der Waals surface area (Å²) in [4.78, 5) is 12.1. The molecule has 6 nitrogen and oxygen atoms in total. The molecule has 0 aliphatic heterocycles. The Morgan fingerprint density at radius 2 is 1.69 bits per heavy atom. The van der Waals surface area contributed by atoms with Crippen LogP contribution >= 0.6 is 11.6 Å². The van der Waals surface area contributed by atoms with E-state index in [0.29, 0.717) is 5.02 Å². The van der Waals surface area contributed by atoms with Gasteiger partial charge in [-0.2, -0.15) is 22.7 Å². The highest BCUT2D eigenvalue weighted by Crippen LogP contribution is 3.10. The molecule has 6 aliphatic carbocycles. The average Bonchev–Trinajstić information content (AvgIpc) is 2.72. The van der Waals surface area contributed by atoms with Gasteiger partial charge in [0.1, 0.15) is 6.04 Å². The Bertz CT molecular complexity index is 1140. The second-order valence-corrected chi connectivity index (χ2v) is 12.2. The lowest BCUT2D eigenvalue weighted by Crippen LogP contribution is -3.10. The fourth-order valence-corrected chi connectivity index (χ4v) is 10.2. The number of carbonyl (C=O) groups is 1. The van der Waals surface area contributed by atoms with Crippen LogP contribution in [-0.2, 0) is 14.8 Å². The largest absolute Gasteiger partial charge is 0.389 e. The molecule has 1 aromatic carbocycles. The van der Waals surface area contributed by atoms with Crippen LogP contribution in [0.1, 0.15) is 12.8 Å². The van der Waals surface area contributed by atoms with Gasteiger partial charge in [-0.1, -0.05) is 11.6 Å². The summed E-state index contributed by atoms with van der Waals surface area (Å²) < 4.78 is 66.8. The van der Waals surface area contributed by atoms with E-state index in [9.17, 15) is 31.6 Å². The Morgan fingerprint density at radius 1 is 1.16 bits per heavy atom. The molecule has 7 rings (SSSR count). The number of rotatable bonds is 8. The van der Waals surface area contributed by atoms with E-state index in [1.165, 1.54) is 24.3 Å². The molecule has 32 heavy (non-hydrogen) atoms. The number of alkyl halides is 3. The highest BCUT2D eigenvalue weighted by molar-refractivity contribution is 7.89. The molecule has 1 amide bonds. The van der Waals surface area contributed by atoms with Crippen molar-refractivity contribution in [1.82, 2.24) is 4.31 Å². The van der Waals surface area contributed by atoms with E-state index in [2.05, 4.69) is 6.07 Å². The number of primary amides is 1. The molecule has 0 heterocycles. The van der Waals surface area contributed by atoms with Crippen molar-refractivity contribution < 1.29 is 26.4 Å². The average molecular weight is 486 g/mol. The summed E-state index contributed by atoms with van der Waals surface area (Å²) in [6, 6.07) is 6.15. The van der Waals surface area contributed by atoms with Gasteiger partial charge in [0, 0.05) is 18.0 Å². The Morgan fingerprint density at radius 3 is 2.12 bits per heavy atom. The van der Waals surface area contributed by atoms with Crippen molar-refractivity contribution in [3.8, 4) is 6.07 Å². The first-order valence-corrected chi connectivity index (χ1v) is 12.3. The third-order valence-corrected chi connectivity index (χ3v) is 11.4. The van der Waals surface area contributed by atoms with Crippen molar-refractivity contribution in [3.63, 3.8) is 0 Å². The molecule has 0 spiro atoms. The Labute approximate surface area is 187 Å². The molecule has 0 saturated heterocycles. The van der Waals surface area contributed by atoms with Gasteiger partial charge >= 0.3 is 6.18 Å². The molecule has 0 radical (unpaired) electrons. The molecule has 11 heteroatoms. The molecule has 0 unspecified atom stereocenters. The zero-order chi connectivity index (χ0) is 23.0. The van der Waals surface area contributed by atoms with Gasteiger partial charge in [0.2, 0.25) is 15.9 Å². The molecular formula is C21H19ClF3N3O3S. The number of nitrogens with two attached hydrogens (primary N) is 1. The van der Waals surface area contributed by atoms with Crippen LogP contribution in [-0.4, -0.2) is 37.4 Å². The number of hydrogen-bond acceptors (Lipinski definition) is 4. The summed E-state index contributed by atoms with van der Waals surface area (Å²) in [6.07, 6.45) is -6.61. The van der Waals surface area contributed by atoms with Crippen LogP contribution in [0.25, 0.3) is 0 Å². The Balaban J connectivity index is 1.34. The monoisotopic (exact) mass is 485 g/mol. The first-order valence-electron chi connectivity index (χ1n) is 10.5. The zero-order valence-corrected chi connectivity index (χ0v) is 18.2. The first kappa shape index (κ1) is 20.8. The van der Waals surface area contributed by atoms with Gasteiger partial charge in [-0.25, -0.2) is 8.42 Å². The number of sulfonamides is 1. The van der Waals surface area contributed by atoms with Crippen LogP contribution in [0.2, 0.25) is 5.02 Å². The minimum Gasteiger partial charge on any atom is -0.368 e. The topological polar surface area (TPSA) is 104 Å². The third kappa shape index (κ3) is 1.99.